The van der Waals surface area contributed by atoms with Gasteiger partial charge in [0.15, 0.2) is 11.6 Å². The van der Waals surface area contributed by atoms with E-state index in [1.807, 2.05) is 12.1 Å². The van der Waals surface area contributed by atoms with Gasteiger partial charge in [0.05, 0.1) is 18.9 Å². The van der Waals surface area contributed by atoms with Gasteiger partial charge in [0, 0.05) is 54.1 Å². The number of hydrogen-bond acceptors (Lipinski definition) is 6. The highest BCUT2D eigenvalue weighted by atomic mass is 19.4. The van der Waals surface area contributed by atoms with Crippen LogP contribution >= 0.6 is 0 Å². The maximum absolute atomic E-state index is 14.1. The molecule has 39 heavy (non-hydrogen) atoms. The molecule has 212 valence electrons. The lowest BCUT2D eigenvalue weighted by Crippen LogP contribution is -2.44. The number of halogens is 9. The molecule has 6 nitrogen and oxygen atoms in total. The predicted molar refractivity (Wildman–Crippen MR) is 119 cm³/mol. The Morgan fingerprint density at radius 2 is 1.56 bits per heavy atom. The molecule has 3 heterocycles. The molecule has 0 saturated carbocycles. The Morgan fingerprint density at radius 3 is 2.21 bits per heavy atom. The summed E-state index contributed by atoms with van der Waals surface area (Å²) < 4.78 is 114. The highest BCUT2D eigenvalue weighted by Gasteiger charge is 2.54. The van der Waals surface area contributed by atoms with Gasteiger partial charge in [-0.25, -0.2) is 13.2 Å². The van der Waals surface area contributed by atoms with E-state index >= 15 is 0 Å². The molecule has 1 fully saturated rings. The summed E-state index contributed by atoms with van der Waals surface area (Å²) in [6, 6.07) is 5.78. The Kier molecular flexibility index (Phi) is 7.85. The largest absolute Gasteiger partial charge is 0.458 e. The Balaban J connectivity index is 0.000000251. The van der Waals surface area contributed by atoms with Crippen LogP contribution in [0.2, 0.25) is 0 Å². The number of carbonyl (C=O) groups is 2. The first kappa shape index (κ1) is 28.7. The van der Waals surface area contributed by atoms with Crippen molar-refractivity contribution in [1.82, 2.24) is 5.32 Å². The SMILES string of the molecule is Fc1cc(F)c(Nc2cc3c4c(c2)[C@@H]2CNCC[C@@H]2N4CCOC3)cc1F.O=C(C(=O)C(F)(F)F)C(F)(F)F. The van der Waals surface area contributed by atoms with Crippen LogP contribution in [0.25, 0.3) is 0 Å². The summed E-state index contributed by atoms with van der Waals surface area (Å²) in [5.74, 6) is -9.55. The zero-order valence-electron chi connectivity index (χ0n) is 19.8. The highest BCUT2D eigenvalue weighted by Crippen LogP contribution is 2.47. The van der Waals surface area contributed by atoms with E-state index in [0.29, 0.717) is 36.9 Å². The van der Waals surface area contributed by atoms with Crippen LogP contribution in [0.4, 0.5) is 56.6 Å². The predicted octanol–water partition coefficient (Wildman–Crippen LogP) is 4.89. The van der Waals surface area contributed by atoms with Gasteiger partial charge < -0.3 is 20.3 Å². The lowest BCUT2D eigenvalue weighted by molar-refractivity contribution is -0.193. The fraction of sp³-hybridized carbons (Fsp3) is 0.417. The van der Waals surface area contributed by atoms with Gasteiger partial charge >= 0.3 is 23.9 Å². The molecule has 0 aromatic heterocycles. The standard InChI is InChI=1S/C20H20F3N3O.C4F6O2/c21-15-7-17(23)18(8-16(15)22)25-12-5-11-10-27-4-3-26-19-1-2-24-9-14(19)13(6-12)20(11)26;5-3(6,7)1(11)2(12)4(8,9)10/h5-8,14,19,24-25H,1-4,9-10H2;/t14-,19-;/m0./s1. The monoisotopic (exact) mass is 569 g/mol. The fourth-order valence-corrected chi connectivity index (χ4v) is 4.89. The molecular weight excluding hydrogens is 549 g/mol. The van der Waals surface area contributed by atoms with Crippen LogP contribution < -0.4 is 15.5 Å². The van der Waals surface area contributed by atoms with Crippen LogP contribution in [-0.4, -0.2) is 56.2 Å². The summed E-state index contributed by atoms with van der Waals surface area (Å²) in [5, 5.41) is 6.38. The number of alkyl halides is 6. The van der Waals surface area contributed by atoms with Crippen LogP contribution in [0.1, 0.15) is 23.5 Å². The number of hydrogen-bond donors (Lipinski definition) is 2. The molecule has 15 heteroatoms. The van der Waals surface area contributed by atoms with Gasteiger partial charge in [-0.2, -0.15) is 26.3 Å². The quantitative estimate of drug-likeness (QED) is 0.312. The minimum Gasteiger partial charge on any atom is -0.375 e. The molecule has 3 aliphatic rings. The Hall–Kier alpha value is -3.33. The van der Waals surface area contributed by atoms with Crippen molar-refractivity contribution in [1.29, 1.82) is 0 Å². The maximum Gasteiger partial charge on any atom is 0.458 e. The number of piperidine rings is 1. The van der Waals surface area contributed by atoms with Crippen molar-refractivity contribution >= 4 is 28.6 Å². The molecule has 2 N–H and O–H groups in total. The number of Topliss-reactive ketones (excluding diaryl/α,β-unsaturated/α-hetero) is 2. The lowest BCUT2D eigenvalue weighted by atomic mass is 9.89. The number of fused-ring (bicyclic) bond motifs is 3. The third-order valence-electron chi connectivity index (χ3n) is 6.50. The van der Waals surface area contributed by atoms with Crippen molar-refractivity contribution in [3.63, 3.8) is 0 Å². The summed E-state index contributed by atoms with van der Waals surface area (Å²) in [5.41, 5.74) is 4.06. The zero-order valence-corrected chi connectivity index (χ0v) is 19.8. The number of ether oxygens (including phenoxy) is 1. The molecule has 0 bridgehead atoms. The number of carbonyl (C=O) groups excluding carboxylic acids is 2. The third-order valence-corrected chi connectivity index (χ3v) is 6.50. The van der Waals surface area contributed by atoms with Crippen LogP contribution in [0.5, 0.6) is 0 Å². The van der Waals surface area contributed by atoms with Crippen LogP contribution in [0.15, 0.2) is 24.3 Å². The number of benzene rings is 2. The topological polar surface area (TPSA) is 70.7 Å². The zero-order chi connectivity index (χ0) is 28.7. The molecule has 2 aromatic rings. The van der Waals surface area contributed by atoms with E-state index in [2.05, 4.69) is 15.5 Å². The molecular formula is C24H20F9N3O3. The Labute approximate surface area is 215 Å². The second-order valence-corrected chi connectivity index (χ2v) is 9.01. The summed E-state index contributed by atoms with van der Waals surface area (Å²) in [6.45, 7) is 3.92. The molecule has 0 aliphatic carbocycles. The van der Waals surface area contributed by atoms with Gasteiger partial charge in [-0.15, -0.1) is 0 Å². The van der Waals surface area contributed by atoms with Crippen LogP contribution in [0.3, 0.4) is 0 Å². The van der Waals surface area contributed by atoms with E-state index in [1.165, 1.54) is 11.3 Å². The molecule has 2 aromatic carbocycles. The Bertz CT molecular complexity index is 1260. The number of nitrogens with zero attached hydrogens (tertiary/aromatic N) is 1. The van der Waals surface area contributed by atoms with Crippen molar-refractivity contribution < 1.29 is 53.8 Å². The first-order chi connectivity index (χ1) is 18.2. The first-order valence-electron chi connectivity index (χ1n) is 11.5. The second kappa shape index (κ2) is 10.7. The molecule has 2 atom stereocenters. The third kappa shape index (κ3) is 5.98. The smallest absolute Gasteiger partial charge is 0.375 e. The van der Waals surface area contributed by atoms with Crippen molar-refractivity contribution in [3.05, 3.63) is 52.8 Å². The number of rotatable bonds is 3. The van der Waals surface area contributed by atoms with E-state index in [1.54, 1.807) is 0 Å². The molecule has 3 aliphatic heterocycles. The molecule has 0 radical (unpaired) electrons. The second-order valence-electron chi connectivity index (χ2n) is 9.01. The van der Waals surface area contributed by atoms with Crippen molar-refractivity contribution in [2.45, 2.75) is 37.3 Å². The summed E-state index contributed by atoms with van der Waals surface area (Å²) in [6.07, 6.45) is -10.5. The summed E-state index contributed by atoms with van der Waals surface area (Å²) >= 11 is 0. The maximum atomic E-state index is 14.1. The number of anilines is 3. The van der Waals surface area contributed by atoms with E-state index in [9.17, 15) is 49.1 Å². The molecule has 1 saturated heterocycles. The molecule has 0 amide bonds. The van der Waals surface area contributed by atoms with E-state index in [4.69, 9.17) is 4.74 Å². The van der Waals surface area contributed by atoms with Gasteiger partial charge in [-0.1, -0.05) is 0 Å². The minimum absolute atomic E-state index is 0.0798. The first-order valence-corrected chi connectivity index (χ1v) is 11.5. The number of ketones is 2. The van der Waals surface area contributed by atoms with Crippen molar-refractivity contribution in [2.24, 2.45) is 0 Å². The lowest BCUT2D eigenvalue weighted by Gasteiger charge is -2.33. The van der Waals surface area contributed by atoms with Crippen LogP contribution in [-0.2, 0) is 20.9 Å². The van der Waals surface area contributed by atoms with Gasteiger partial charge in [0.1, 0.15) is 5.82 Å². The fourth-order valence-electron chi connectivity index (χ4n) is 4.89. The minimum atomic E-state index is -5.77. The summed E-state index contributed by atoms with van der Waals surface area (Å²) in [7, 11) is 0. The highest BCUT2D eigenvalue weighted by molar-refractivity contribution is 6.41. The van der Waals surface area contributed by atoms with Gasteiger partial charge in [-0.05, 0) is 30.7 Å². The van der Waals surface area contributed by atoms with Crippen LogP contribution in [0, 0.1) is 17.5 Å². The summed E-state index contributed by atoms with van der Waals surface area (Å²) in [4.78, 5) is 21.7. The van der Waals surface area contributed by atoms with E-state index in [-0.39, 0.29) is 5.69 Å². The van der Waals surface area contributed by atoms with Crippen molar-refractivity contribution in [3.8, 4) is 0 Å². The van der Waals surface area contributed by atoms with Gasteiger partial charge in [0.25, 0.3) is 0 Å². The average Bonchev–Trinajstić information content (AvgIpc) is 3.01. The van der Waals surface area contributed by atoms with Crippen molar-refractivity contribution in [2.75, 3.05) is 36.5 Å². The Morgan fingerprint density at radius 1 is 0.923 bits per heavy atom. The average molecular weight is 569 g/mol. The molecule has 0 spiro atoms. The van der Waals surface area contributed by atoms with E-state index in [0.717, 1.165) is 37.7 Å². The van der Waals surface area contributed by atoms with E-state index < -0.39 is 41.4 Å². The molecule has 5 rings (SSSR count). The van der Waals surface area contributed by atoms with Gasteiger partial charge in [0.2, 0.25) is 0 Å². The van der Waals surface area contributed by atoms with Gasteiger partial charge in [-0.3, -0.25) is 9.59 Å². The number of nitrogens with one attached hydrogen (secondary N) is 2. The molecule has 0 unspecified atom stereocenters. The normalized spacial score (nSPS) is 20.3.